The van der Waals surface area contributed by atoms with E-state index < -0.39 is 0 Å². The molecule has 1 unspecified atom stereocenters. The van der Waals surface area contributed by atoms with E-state index in [4.69, 9.17) is 21.2 Å². The van der Waals surface area contributed by atoms with E-state index in [1.807, 2.05) is 49.4 Å². The second-order valence-corrected chi connectivity index (χ2v) is 8.39. The molecule has 3 N–H and O–H groups in total. The number of nitrogens with zero attached hydrogens (tertiary/aromatic N) is 1. The lowest BCUT2D eigenvalue weighted by Gasteiger charge is -2.10. The Kier molecular flexibility index (Phi) is 6.71. The maximum atomic E-state index is 12.1. The Morgan fingerprint density at radius 2 is 2.06 bits per heavy atom. The summed E-state index contributed by atoms with van der Waals surface area (Å²) in [7, 11) is 0. The van der Waals surface area contributed by atoms with Gasteiger partial charge in [-0.1, -0.05) is 23.7 Å². The van der Waals surface area contributed by atoms with Gasteiger partial charge in [-0.3, -0.25) is 15.1 Å². The third-order valence-electron chi connectivity index (χ3n) is 4.45. The van der Waals surface area contributed by atoms with E-state index in [1.54, 1.807) is 18.3 Å². The Morgan fingerprint density at radius 1 is 1.23 bits per heavy atom. The molecule has 31 heavy (non-hydrogen) atoms. The van der Waals surface area contributed by atoms with Gasteiger partial charge in [0.1, 0.15) is 6.10 Å². The van der Waals surface area contributed by atoms with Crippen LogP contribution in [0.5, 0.6) is 5.88 Å². The molecule has 1 atom stereocenters. The highest BCUT2D eigenvalue weighted by Gasteiger charge is 2.19. The minimum absolute atomic E-state index is 0.165. The molecular weight excluding hydrogens is 436 g/mol. The molecule has 9 heteroatoms. The van der Waals surface area contributed by atoms with Crippen molar-refractivity contribution in [2.75, 3.05) is 18.5 Å². The smallest absolute Gasteiger partial charge is 0.261 e. The van der Waals surface area contributed by atoms with E-state index in [1.165, 1.54) is 11.3 Å². The lowest BCUT2D eigenvalue weighted by molar-refractivity contribution is 0.0499. The normalized spacial score (nSPS) is 15.2. The van der Waals surface area contributed by atoms with E-state index in [0.29, 0.717) is 28.2 Å². The number of carbonyl (C=O) groups excluding carboxylic acids is 1. The molecule has 0 radical (unpaired) electrons. The zero-order valence-electron chi connectivity index (χ0n) is 16.7. The summed E-state index contributed by atoms with van der Waals surface area (Å²) in [6.07, 6.45) is 3.39. The number of amides is 1. The van der Waals surface area contributed by atoms with Crippen LogP contribution in [-0.2, 0) is 4.84 Å². The molecule has 1 aliphatic rings. The molecule has 0 saturated carbocycles. The number of nitrogens with one attached hydrogen (secondary N) is 3. The van der Waals surface area contributed by atoms with E-state index in [9.17, 15) is 4.79 Å². The number of hydroxylamine groups is 1. The highest BCUT2D eigenvalue weighted by molar-refractivity contribution is 7.18. The first kappa shape index (κ1) is 21.2. The molecule has 4 rings (SSSR count). The number of halogens is 1. The highest BCUT2D eigenvalue weighted by atomic mass is 35.5. The molecule has 0 aliphatic carbocycles. The fourth-order valence-electron chi connectivity index (χ4n) is 2.98. The number of anilines is 2. The summed E-state index contributed by atoms with van der Waals surface area (Å²) in [5.41, 5.74) is 6.60. The standard InChI is InChI=1S/C22H21ClN4O3S/c1-2-29-21-11-16(9-10-24-21)26-15-5-3-14(4-6-15)18-12-17(30-27-18)13-25-22(28)19-7-8-20(23)31-19/h3-12,17,27H,2,13H2,1H3,(H,24,26)(H,25,28). The Balaban J connectivity index is 1.33. The van der Waals surface area contributed by atoms with Gasteiger partial charge in [0.25, 0.3) is 5.91 Å². The summed E-state index contributed by atoms with van der Waals surface area (Å²) in [6.45, 7) is 2.85. The maximum Gasteiger partial charge on any atom is 0.261 e. The van der Waals surface area contributed by atoms with Crippen LogP contribution in [0.3, 0.4) is 0 Å². The lowest BCUT2D eigenvalue weighted by Crippen LogP contribution is -2.31. The molecule has 0 spiro atoms. The number of thiophene rings is 1. The van der Waals surface area contributed by atoms with Gasteiger partial charge < -0.3 is 15.4 Å². The second kappa shape index (κ2) is 9.82. The van der Waals surface area contributed by atoms with Crippen molar-refractivity contribution in [3.63, 3.8) is 0 Å². The van der Waals surface area contributed by atoms with Crippen molar-refractivity contribution in [3.05, 3.63) is 75.6 Å². The molecule has 3 heterocycles. The van der Waals surface area contributed by atoms with Crippen LogP contribution < -0.4 is 20.9 Å². The second-order valence-electron chi connectivity index (χ2n) is 6.67. The molecule has 0 saturated heterocycles. The van der Waals surface area contributed by atoms with Crippen LogP contribution in [0, 0.1) is 0 Å². The van der Waals surface area contributed by atoms with Gasteiger partial charge in [-0.05, 0) is 48.9 Å². The minimum atomic E-state index is -0.263. The van der Waals surface area contributed by atoms with Crippen LogP contribution in [0.1, 0.15) is 22.2 Å². The van der Waals surface area contributed by atoms with E-state index in [0.717, 1.165) is 22.6 Å². The lowest BCUT2D eigenvalue weighted by atomic mass is 10.1. The molecule has 3 aromatic rings. The summed E-state index contributed by atoms with van der Waals surface area (Å²) < 4.78 is 6.02. The van der Waals surface area contributed by atoms with Crippen molar-refractivity contribution in [2.45, 2.75) is 13.0 Å². The Bertz CT molecular complexity index is 1080. The van der Waals surface area contributed by atoms with Crippen molar-refractivity contribution in [3.8, 4) is 5.88 Å². The summed E-state index contributed by atoms with van der Waals surface area (Å²) in [5, 5.41) is 6.19. The van der Waals surface area contributed by atoms with Crippen LogP contribution in [0.15, 0.2) is 60.8 Å². The summed E-state index contributed by atoms with van der Waals surface area (Å²) >= 11 is 7.12. The highest BCUT2D eigenvalue weighted by Crippen LogP contribution is 2.24. The quantitative estimate of drug-likeness (QED) is 0.459. The Morgan fingerprint density at radius 3 is 2.81 bits per heavy atom. The SMILES string of the molecule is CCOc1cc(Nc2ccc(C3=CC(CNC(=O)c4ccc(Cl)s4)ON3)cc2)ccn1. The first-order chi connectivity index (χ1) is 15.1. The number of benzene rings is 1. The maximum absolute atomic E-state index is 12.1. The monoisotopic (exact) mass is 456 g/mol. The van der Waals surface area contributed by atoms with Gasteiger partial charge in [-0.25, -0.2) is 4.98 Å². The van der Waals surface area contributed by atoms with E-state index in [-0.39, 0.29) is 12.0 Å². The Labute approximate surface area is 189 Å². The minimum Gasteiger partial charge on any atom is -0.478 e. The topological polar surface area (TPSA) is 84.5 Å². The zero-order valence-corrected chi connectivity index (χ0v) is 18.3. The third kappa shape index (κ3) is 5.55. The number of hydrogen-bond acceptors (Lipinski definition) is 7. The fourth-order valence-corrected chi connectivity index (χ4v) is 3.94. The number of pyridine rings is 1. The van der Waals surface area contributed by atoms with Gasteiger partial charge in [-0.15, -0.1) is 11.3 Å². The predicted molar refractivity (Wildman–Crippen MR) is 123 cm³/mol. The van der Waals surface area contributed by atoms with Crippen LogP contribution in [-0.4, -0.2) is 30.1 Å². The molecule has 1 amide bonds. The van der Waals surface area contributed by atoms with Gasteiger partial charge in [0.05, 0.1) is 28.1 Å². The van der Waals surface area contributed by atoms with Crippen LogP contribution in [0.4, 0.5) is 11.4 Å². The Hall–Kier alpha value is -3.07. The molecular formula is C22H21ClN4O3S. The molecule has 160 valence electrons. The summed E-state index contributed by atoms with van der Waals surface area (Å²) in [6, 6.07) is 15.1. The molecule has 1 aliphatic heterocycles. The van der Waals surface area contributed by atoms with Crippen molar-refractivity contribution < 1.29 is 14.4 Å². The number of aromatic nitrogens is 1. The molecule has 0 fully saturated rings. The zero-order chi connectivity index (χ0) is 21.6. The molecule has 2 aromatic heterocycles. The fraction of sp³-hybridized carbons (Fsp3) is 0.182. The summed E-state index contributed by atoms with van der Waals surface area (Å²) in [4.78, 5) is 22.4. The van der Waals surface area contributed by atoms with E-state index in [2.05, 4.69) is 21.1 Å². The average molecular weight is 457 g/mol. The van der Waals surface area contributed by atoms with Crippen molar-refractivity contribution in [1.29, 1.82) is 0 Å². The van der Waals surface area contributed by atoms with Crippen LogP contribution >= 0.6 is 22.9 Å². The molecule has 1 aromatic carbocycles. The van der Waals surface area contributed by atoms with Gasteiger partial charge >= 0.3 is 0 Å². The number of rotatable bonds is 8. The summed E-state index contributed by atoms with van der Waals surface area (Å²) in [5.74, 6) is 0.420. The van der Waals surface area contributed by atoms with Crippen molar-refractivity contribution in [2.24, 2.45) is 0 Å². The number of carbonyl (C=O) groups is 1. The van der Waals surface area contributed by atoms with Gasteiger partial charge in [0, 0.05) is 23.6 Å². The van der Waals surface area contributed by atoms with Crippen LogP contribution in [0.2, 0.25) is 4.34 Å². The number of hydrogen-bond donors (Lipinski definition) is 3. The number of ether oxygens (including phenoxy) is 1. The third-order valence-corrected chi connectivity index (χ3v) is 5.68. The first-order valence-electron chi connectivity index (χ1n) is 9.74. The van der Waals surface area contributed by atoms with Crippen LogP contribution in [0.25, 0.3) is 5.70 Å². The van der Waals surface area contributed by atoms with Crippen molar-refractivity contribution >= 4 is 45.9 Å². The largest absolute Gasteiger partial charge is 0.478 e. The molecule has 7 nitrogen and oxygen atoms in total. The van der Waals surface area contributed by atoms with Gasteiger partial charge in [-0.2, -0.15) is 0 Å². The van der Waals surface area contributed by atoms with Gasteiger partial charge in [0.15, 0.2) is 0 Å². The van der Waals surface area contributed by atoms with Gasteiger partial charge in [0.2, 0.25) is 5.88 Å². The predicted octanol–water partition coefficient (Wildman–Crippen LogP) is 4.61. The first-order valence-corrected chi connectivity index (χ1v) is 10.9. The average Bonchev–Trinajstić information content (AvgIpc) is 3.42. The molecule has 0 bridgehead atoms. The van der Waals surface area contributed by atoms with E-state index >= 15 is 0 Å². The van der Waals surface area contributed by atoms with Crippen molar-refractivity contribution in [1.82, 2.24) is 15.8 Å².